The van der Waals surface area contributed by atoms with Crippen LogP contribution in [-0.4, -0.2) is 0 Å². The Kier molecular flexibility index (Phi) is 3.34. The summed E-state index contributed by atoms with van der Waals surface area (Å²) in [6.45, 7) is 8.68. The summed E-state index contributed by atoms with van der Waals surface area (Å²) in [6.07, 6.45) is 0. The molecule has 0 unspecified atom stereocenters. The van der Waals surface area contributed by atoms with Gasteiger partial charge in [0.2, 0.25) is 0 Å². The molecule has 0 fully saturated rings. The average molecular weight is 172 g/mol. The zero-order valence-corrected chi connectivity index (χ0v) is 8.42. The Morgan fingerprint density at radius 1 is 1.20 bits per heavy atom. The van der Waals surface area contributed by atoms with Gasteiger partial charge in [-0.3, -0.25) is 0 Å². The van der Waals surface area contributed by atoms with E-state index >= 15 is 0 Å². The minimum Gasteiger partial charge on any atom is -0.199 e. The first-order valence-electron chi connectivity index (χ1n) is 3.33. The van der Waals surface area contributed by atoms with E-state index in [0.29, 0.717) is 0 Å². The SMILES string of the molecule is Cc1c[c-](C)c(C)c1C.[V]. The first kappa shape index (κ1) is 9.93. The van der Waals surface area contributed by atoms with Crippen LogP contribution in [0.1, 0.15) is 22.3 Å². The Hall–Kier alpha value is -0.0656. The van der Waals surface area contributed by atoms with Crippen LogP contribution in [-0.2, 0) is 18.6 Å². The van der Waals surface area contributed by atoms with Crippen molar-refractivity contribution in [2.45, 2.75) is 27.7 Å². The van der Waals surface area contributed by atoms with Crippen molar-refractivity contribution in [1.29, 1.82) is 0 Å². The van der Waals surface area contributed by atoms with Crippen molar-refractivity contribution in [2.75, 3.05) is 0 Å². The molecule has 0 N–H and O–H groups in total. The summed E-state index contributed by atoms with van der Waals surface area (Å²) in [5, 5.41) is 0. The van der Waals surface area contributed by atoms with Gasteiger partial charge < -0.3 is 0 Å². The summed E-state index contributed by atoms with van der Waals surface area (Å²) in [5.74, 6) is 0. The summed E-state index contributed by atoms with van der Waals surface area (Å²) in [4.78, 5) is 0. The van der Waals surface area contributed by atoms with Crippen LogP contribution < -0.4 is 0 Å². The van der Waals surface area contributed by atoms with Gasteiger partial charge in [-0.05, 0) is 0 Å². The molecule has 1 rings (SSSR count). The zero-order chi connectivity index (χ0) is 7.02. The second-order valence-corrected chi connectivity index (χ2v) is 2.76. The van der Waals surface area contributed by atoms with E-state index in [9.17, 15) is 0 Å². The molecule has 0 aliphatic rings. The van der Waals surface area contributed by atoms with E-state index in [2.05, 4.69) is 33.8 Å². The Labute approximate surface area is 74.9 Å². The molecule has 0 atom stereocenters. The molecule has 0 saturated carbocycles. The van der Waals surface area contributed by atoms with Gasteiger partial charge in [0.25, 0.3) is 0 Å². The van der Waals surface area contributed by atoms with Crippen molar-refractivity contribution in [2.24, 2.45) is 0 Å². The van der Waals surface area contributed by atoms with E-state index in [4.69, 9.17) is 0 Å². The van der Waals surface area contributed by atoms with Crippen LogP contribution in [0.2, 0.25) is 0 Å². The molecule has 0 aliphatic heterocycles. The van der Waals surface area contributed by atoms with Gasteiger partial charge in [0.05, 0.1) is 0 Å². The number of hydrogen-bond acceptors (Lipinski definition) is 0. The van der Waals surface area contributed by atoms with Gasteiger partial charge in [-0.2, -0.15) is 28.3 Å². The van der Waals surface area contributed by atoms with E-state index in [0.717, 1.165) is 0 Å². The quantitative estimate of drug-likeness (QED) is 0.528. The molecule has 0 nitrogen and oxygen atoms in total. The zero-order valence-electron chi connectivity index (χ0n) is 7.02. The summed E-state index contributed by atoms with van der Waals surface area (Å²) >= 11 is 0. The molecule has 0 saturated heterocycles. The van der Waals surface area contributed by atoms with Gasteiger partial charge in [-0.1, -0.05) is 27.7 Å². The molecule has 1 aromatic carbocycles. The third kappa shape index (κ3) is 1.50. The fraction of sp³-hybridized carbons (Fsp3) is 0.444. The van der Waals surface area contributed by atoms with Gasteiger partial charge in [-0.25, -0.2) is 0 Å². The molecule has 0 aliphatic carbocycles. The molecule has 0 aromatic heterocycles. The molecule has 1 aromatic rings. The van der Waals surface area contributed by atoms with Crippen LogP contribution in [0.25, 0.3) is 0 Å². The molecule has 1 heteroatoms. The number of rotatable bonds is 0. The van der Waals surface area contributed by atoms with Crippen LogP contribution in [0.15, 0.2) is 6.07 Å². The van der Waals surface area contributed by atoms with E-state index in [1.54, 1.807) is 0 Å². The largest absolute Gasteiger partial charge is 0.199 e. The van der Waals surface area contributed by atoms with Gasteiger partial charge in [0.15, 0.2) is 0 Å². The maximum Gasteiger partial charge on any atom is 0 e. The molecule has 0 amide bonds. The molecule has 0 heterocycles. The molecular formula is C9H13V-. The first-order valence-corrected chi connectivity index (χ1v) is 3.33. The van der Waals surface area contributed by atoms with Gasteiger partial charge in [-0.15, -0.1) is 0 Å². The first-order chi connectivity index (χ1) is 4.13. The van der Waals surface area contributed by atoms with Gasteiger partial charge in [0.1, 0.15) is 0 Å². The van der Waals surface area contributed by atoms with Crippen LogP contribution in [0, 0.1) is 27.7 Å². The van der Waals surface area contributed by atoms with Crippen molar-refractivity contribution >= 4 is 0 Å². The standard InChI is InChI=1S/C9H13.V/c1-6-5-7(2)9(4)8(6)3;/h5H,1-4H3;/q-1;. The molecule has 10 heavy (non-hydrogen) atoms. The summed E-state index contributed by atoms with van der Waals surface area (Å²) in [7, 11) is 0. The summed E-state index contributed by atoms with van der Waals surface area (Å²) in [6, 6.07) is 2.24. The number of hydrogen-bond donors (Lipinski definition) is 0. The molecular weight excluding hydrogens is 159 g/mol. The molecule has 55 valence electrons. The van der Waals surface area contributed by atoms with Crippen molar-refractivity contribution < 1.29 is 18.6 Å². The molecule has 0 bridgehead atoms. The van der Waals surface area contributed by atoms with Crippen molar-refractivity contribution in [3.63, 3.8) is 0 Å². The van der Waals surface area contributed by atoms with E-state index in [-0.39, 0.29) is 18.6 Å². The fourth-order valence-corrected chi connectivity index (χ4v) is 1.13. The summed E-state index contributed by atoms with van der Waals surface area (Å²) < 4.78 is 0. The van der Waals surface area contributed by atoms with Gasteiger partial charge >= 0.3 is 0 Å². The van der Waals surface area contributed by atoms with Crippen LogP contribution >= 0.6 is 0 Å². The van der Waals surface area contributed by atoms with Crippen molar-refractivity contribution in [1.82, 2.24) is 0 Å². The third-order valence-electron chi connectivity index (χ3n) is 2.18. The van der Waals surface area contributed by atoms with Crippen molar-refractivity contribution in [3.8, 4) is 0 Å². The van der Waals surface area contributed by atoms with E-state index in [1.165, 1.54) is 22.3 Å². The maximum atomic E-state index is 2.24. The Bertz CT molecular complexity index is 198. The number of aryl methyl sites for hydroxylation is 2. The van der Waals surface area contributed by atoms with Crippen molar-refractivity contribution in [3.05, 3.63) is 28.3 Å². The smallest absolute Gasteiger partial charge is 0 e. The predicted octanol–water partition coefficient (Wildman–Crippen LogP) is 2.64. The topological polar surface area (TPSA) is 0 Å². The van der Waals surface area contributed by atoms with Crippen LogP contribution in [0.5, 0.6) is 0 Å². The third-order valence-corrected chi connectivity index (χ3v) is 2.18. The van der Waals surface area contributed by atoms with Crippen LogP contribution in [0.4, 0.5) is 0 Å². The Balaban J connectivity index is 0.000000810. The molecule has 1 radical (unpaired) electrons. The van der Waals surface area contributed by atoms with E-state index < -0.39 is 0 Å². The second kappa shape index (κ2) is 3.36. The van der Waals surface area contributed by atoms with Crippen LogP contribution in [0.3, 0.4) is 0 Å². The average Bonchev–Trinajstić information content (AvgIpc) is 1.98. The normalized spacial score (nSPS) is 9.20. The monoisotopic (exact) mass is 172 g/mol. The fourth-order valence-electron chi connectivity index (χ4n) is 1.13. The molecule has 0 spiro atoms. The Morgan fingerprint density at radius 3 is 1.80 bits per heavy atom. The minimum absolute atomic E-state index is 0. The summed E-state index contributed by atoms with van der Waals surface area (Å²) in [5.41, 5.74) is 5.75. The second-order valence-electron chi connectivity index (χ2n) is 2.76. The maximum absolute atomic E-state index is 2.24. The van der Waals surface area contributed by atoms with Gasteiger partial charge in [0, 0.05) is 18.6 Å². The Morgan fingerprint density at radius 2 is 1.70 bits per heavy atom. The minimum atomic E-state index is 0. The van der Waals surface area contributed by atoms with E-state index in [1.807, 2.05) is 0 Å². The predicted molar refractivity (Wildman–Crippen MR) is 41.0 cm³/mol.